The summed E-state index contributed by atoms with van der Waals surface area (Å²) in [5.41, 5.74) is 3.40. The third-order valence-corrected chi connectivity index (χ3v) is 5.87. The Labute approximate surface area is 166 Å². The fraction of sp³-hybridized carbons (Fsp3) is 0.0909. The zero-order valence-electron chi connectivity index (χ0n) is 14.4. The van der Waals surface area contributed by atoms with Crippen molar-refractivity contribution in [2.45, 2.75) is 12.5 Å². The summed E-state index contributed by atoms with van der Waals surface area (Å²) in [7, 11) is 0. The van der Waals surface area contributed by atoms with Gasteiger partial charge >= 0.3 is 0 Å². The molecule has 1 unspecified atom stereocenters. The summed E-state index contributed by atoms with van der Waals surface area (Å²) in [4.78, 5) is 4.49. The Balaban J connectivity index is 1.57. The Hall–Kier alpha value is -2.69. The largest absolute Gasteiger partial charge is 0.231 e. The van der Waals surface area contributed by atoms with Gasteiger partial charge in [-0.05, 0) is 40.1 Å². The molecule has 0 spiro atoms. The van der Waals surface area contributed by atoms with E-state index >= 15 is 0 Å². The predicted octanol–water partition coefficient (Wildman–Crippen LogP) is 6.31. The summed E-state index contributed by atoms with van der Waals surface area (Å²) < 4.78 is 0. The zero-order chi connectivity index (χ0) is 18.2. The third kappa shape index (κ3) is 3.11. The number of fused-ring (bicyclic) bond motifs is 1. The molecule has 0 radical (unpaired) electrons. The van der Waals surface area contributed by atoms with Crippen LogP contribution >= 0.6 is 22.9 Å². The van der Waals surface area contributed by atoms with Crippen molar-refractivity contribution in [3.05, 3.63) is 94.5 Å². The van der Waals surface area contributed by atoms with E-state index in [2.05, 4.69) is 52.5 Å². The van der Waals surface area contributed by atoms with Gasteiger partial charge in [0.15, 0.2) is 0 Å². The number of hydrogen-bond donors (Lipinski definition) is 0. The van der Waals surface area contributed by atoms with E-state index in [1.54, 1.807) is 11.3 Å². The molecule has 5 rings (SSSR count). The Morgan fingerprint density at radius 1 is 0.963 bits per heavy atom. The number of halogens is 1. The first-order valence-electron chi connectivity index (χ1n) is 8.79. The average molecular weight is 390 g/mol. The van der Waals surface area contributed by atoms with Crippen LogP contribution in [0, 0.1) is 0 Å². The van der Waals surface area contributed by atoms with Crippen molar-refractivity contribution >= 4 is 44.6 Å². The van der Waals surface area contributed by atoms with E-state index < -0.39 is 0 Å². The second-order valence-electron chi connectivity index (χ2n) is 6.54. The summed E-state index contributed by atoms with van der Waals surface area (Å²) in [6.45, 7) is 0. The number of nitrogens with zero attached hydrogens (tertiary/aromatic N) is 3. The molecule has 0 bridgehead atoms. The van der Waals surface area contributed by atoms with E-state index in [9.17, 15) is 0 Å². The smallest absolute Gasteiger partial charge is 0.206 e. The fourth-order valence-electron chi connectivity index (χ4n) is 3.51. The zero-order valence-corrected chi connectivity index (χ0v) is 16.0. The molecule has 27 heavy (non-hydrogen) atoms. The monoisotopic (exact) mass is 389 g/mol. The first kappa shape index (κ1) is 16.5. The maximum atomic E-state index is 6.05. The maximum absolute atomic E-state index is 6.05. The highest BCUT2D eigenvalue weighted by Crippen LogP contribution is 2.38. The van der Waals surface area contributed by atoms with Gasteiger partial charge in [-0.2, -0.15) is 5.10 Å². The van der Waals surface area contributed by atoms with Gasteiger partial charge in [0.25, 0.3) is 0 Å². The normalized spacial score (nSPS) is 16.7. The van der Waals surface area contributed by atoms with Crippen LogP contribution in [-0.2, 0) is 0 Å². The molecule has 1 aromatic heterocycles. The highest BCUT2D eigenvalue weighted by atomic mass is 35.5. The van der Waals surface area contributed by atoms with E-state index in [-0.39, 0.29) is 6.04 Å². The SMILES string of the molecule is Clc1ccc(C2=NN(c3nccs3)C(c3ccc4ccccc4c3)C2)cc1. The van der Waals surface area contributed by atoms with Crippen LogP contribution in [0.25, 0.3) is 10.8 Å². The van der Waals surface area contributed by atoms with Gasteiger partial charge in [0, 0.05) is 23.0 Å². The molecule has 0 saturated heterocycles. The van der Waals surface area contributed by atoms with Crippen molar-refractivity contribution in [2.24, 2.45) is 5.10 Å². The quantitative estimate of drug-likeness (QED) is 0.411. The summed E-state index contributed by atoms with van der Waals surface area (Å²) in [5.74, 6) is 0. The first-order valence-corrected chi connectivity index (χ1v) is 10.0. The maximum Gasteiger partial charge on any atom is 0.206 e. The summed E-state index contributed by atoms with van der Waals surface area (Å²) in [5, 5.41) is 13.1. The van der Waals surface area contributed by atoms with Gasteiger partial charge in [-0.3, -0.25) is 0 Å². The second kappa shape index (κ2) is 6.80. The minimum absolute atomic E-state index is 0.131. The van der Waals surface area contributed by atoms with E-state index in [0.29, 0.717) is 0 Å². The summed E-state index contributed by atoms with van der Waals surface area (Å²) in [6.07, 6.45) is 2.66. The van der Waals surface area contributed by atoms with Gasteiger partial charge in [-0.15, -0.1) is 11.3 Å². The fourth-order valence-corrected chi connectivity index (χ4v) is 4.27. The molecule has 0 amide bonds. The van der Waals surface area contributed by atoms with Crippen LogP contribution in [0.2, 0.25) is 5.02 Å². The number of hydrazone groups is 1. The molecule has 3 aromatic carbocycles. The molecular weight excluding hydrogens is 374 g/mol. The van der Waals surface area contributed by atoms with E-state index in [4.69, 9.17) is 16.7 Å². The lowest BCUT2D eigenvalue weighted by atomic mass is 9.96. The first-order chi connectivity index (χ1) is 13.3. The lowest BCUT2D eigenvalue weighted by molar-refractivity contribution is 0.707. The number of aromatic nitrogens is 1. The highest BCUT2D eigenvalue weighted by molar-refractivity contribution is 7.13. The van der Waals surface area contributed by atoms with Crippen LogP contribution < -0.4 is 5.01 Å². The molecule has 0 saturated carbocycles. The van der Waals surface area contributed by atoms with Crippen molar-refractivity contribution in [3.63, 3.8) is 0 Å². The van der Waals surface area contributed by atoms with Crippen molar-refractivity contribution in [1.82, 2.24) is 4.98 Å². The van der Waals surface area contributed by atoms with E-state index in [1.165, 1.54) is 16.3 Å². The molecule has 1 aliphatic heterocycles. The molecule has 1 atom stereocenters. The molecule has 0 aliphatic carbocycles. The Morgan fingerprint density at radius 2 is 1.78 bits per heavy atom. The van der Waals surface area contributed by atoms with Gasteiger partial charge in [-0.1, -0.05) is 60.1 Å². The topological polar surface area (TPSA) is 28.5 Å². The highest BCUT2D eigenvalue weighted by Gasteiger charge is 2.31. The Bertz CT molecular complexity index is 1120. The minimum Gasteiger partial charge on any atom is -0.231 e. The van der Waals surface area contributed by atoms with Gasteiger partial charge in [0.2, 0.25) is 5.13 Å². The molecule has 132 valence electrons. The number of benzene rings is 3. The summed E-state index contributed by atoms with van der Waals surface area (Å²) in [6, 6.07) is 23.1. The number of rotatable bonds is 3. The van der Waals surface area contributed by atoms with Crippen molar-refractivity contribution in [3.8, 4) is 0 Å². The molecule has 1 aliphatic rings. The minimum atomic E-state index is 0.131. The van der Waals surface area contributed by atoms with Crippen LogP contribution in [0.1, 0.15) is 23.6 Å². The van der Waals surface area contributed by atoms with E-state index in [0.717, 1.165) is 27.9 Å². The summed E-state index contributed by atoms with van der Waals surface area (Å²) >= 11 is 7.66. The van der Waals surface area contributed by atoms with Gasteiger partial charge < -0.3 is 0 Å². The van der Waals surface area contributed by atoms with Crippen molar-refractivity contribution in [2.75, 3.05) is 5.01 Å². The molecular formula is C22H16ClN3S. The van der Waals surface area contributed by atoms with Crippen LogP contribution in [0.3, 0.4) is 0 Å². The van der Waals surface area contributed by atoms with Crippen LogP contribution in [0.15, 0.2) is 83.4 Å². The van der Waals surface area contributed by atoms with Crippen molar-refractivity contribution < 1.29 is 0 Å². The molecule has 2 heterocycles. The number of anilines is 1. The van der Waals surface area contributed by atoms with Crippen molar-refractivity contribution in [1.29, 1.82) is 0 Å². The lowest BCUT2D eigenvalue weighted by Gasteiger charge is -2.21. The van der Waals surface area contributed by atoms with E-state index in [1.807, 2.05) is 35.8 Å². The second-order valence-corrected chi connectivity index (χ2v) is 7.85. The molecule has 5 heteroatoms. The Morgan fingerprint density at radius 3 is 2.56 bits per heavy atom. The van der Waals surface area contributed by atoms with Gasteiger partial charge in [0.05, 0.1) is 11.8 Å². The number of hydrogen-bond acceptors (Lipinski definition) is 4. The standard InChI is InChI=1S/C22H16ClN3S/c23-19-9-7-16(8-10-19)20-14-21(26(25-20)22-24-11-12-27-22)18-6-5-15-3-1-2-4-17(15)13-18/h1-13,21H,14H2. The van der Waals surface area contributed by atoms with Crippen LogP contribution in [0.5, 0.6) is 0 Å². The number of thiazole rings is 1. The molecule has 0 fully saturated rings. The molecule has 3 nitrogen and oxygen atoms in total. The molecule has 0 N–H and O–H groups in total. The Kier molecular flexibility index (Phi) is 4.15. The lowest BCUT2D eigenvalue weighted by Crippen LogP contribution is -2.18. The third-order valence-electron chi connectivity index (χ3n) is 4.86. The van der Waals surface area contributed by atoms with Crippen LogP contribution in [0.4, 0.5) is 5.13 Å². The molecule has 4 aromatic rings. The predicted molar refractivity (Wildman–Crippen MR) is 114 cm³/mol. The average Bonchev–Trinajstić information content (AvgIpc) is 3.38. The van der Waals surface area contributed by atoms with Gasteiger partial charge in [-0.25, -0.2) is 9.99 Å². The van der Waals surface area contributed by atoms with Gasteiger partial charge in [0.1, 0.15) is 0 Å². The van der Waals surface area contributed by atoms with Crippen LogP contribution in [-0.4, -0.2) is 10.7 Å².